The van der Waals surface area contributed by atoms with E-state index in [1.165, 1.54) is 0 Å². The minimum atomic E-state index is -1.64. The van der Waals surface area contributed by atoms with Gasteiger partial charge in [-0.15, -0.1) is 0 Å². The predicted molar refractivity (Wildman–Crippen MR) is 78.0 cm³/mol. The predicted octanol–water partition coefficient (Wildman–Crippen LogP) is 3.95. The van der Waals surface area contributed by atoms with E-state index in [0.717, 1.165) is 5.57 Å². The molecular formula is C12H28O3Si2. The van der Waals surface area contributed by atoms with E-state index in [2.05, 4.69) is 45.9 Å². The second-order valence-electron chi connectivity index (χ2n) is 6.34. The van der Waals surface area contributed by atoms with Gasteiger partial charge >= 0.3 is 0 Å². The SMILES string of the molecule is C=C(C)C(OC(C)O[Si](C)(C)C)O[Si](C)(C)C. The molecule has 0 spiro atoms. The van der Waals surface area contributed by atoms with Gasteiger partial charge in [0.1, 0.15) is 6.29 Å². The quantitative estimate of drug-likeness (QED) is 0.400. The van der Waals surface area contributed by atoms with E-state index in [1.807, 2.05) is 13.8 Å². The standard InChI is InChI=1S/C12H28O3Si2/c1-10(2)12(15-17(7,8)9)13-11(3)14-16(4,5)6/h11-12H,1H2,2-9H3. The van der Waals surface area contributed by atoms with Crippen molar-refractivity contribution in [2.75, 3.05) is 0 Å². The minimum absolute atomic E-state index is 0.250. The van der Waals surface area contributed by atoms with Crippen molar-refractivity contribution in [3.8, 4) is 0 Å². The Morgan fingerprint density at radius 2 is 1.35 bits per heavy atom. The Morgan fingerprint density at radius 1 is 0.941 bits per heavy atom. The van der Waals surface area contributed by atoms with Gasteiger partial charge in [-0.2, -0.15) is 0 Å². The number of hydrogen-bond donors (Lipinski definition) is 0. The summed E-state index contributed by atoms with van der Waals surface area (Å²) < 4.78 is 17.6. The van der Waals surface area contributed by atoms with Crippen molar-refractivity contribution in [2.24, 2.45) is 0 Å². The fourth-order valence-electron chi connectivity index (χ4n) is 1.27. The molecule has 2 unspecified atom stereocenters. The first kappa shape index (κ1) is 17.1. The average molecular weight is 277 g/mol. The largest absolute Gasteiger partial charge is 0.393 e. The maximum absolute atomic E-state index is 5.94. The van der Waals surface area contributed by atoms with Crippen LogP contribution >= 0.6 is 0 Å². The van der Waals surface area contributed by atoms with E-state index in [4.69, 9.17) is 13.6 Å². The van der Waals surface area contributed by atoms with Crippen molar-refractivity contribution in [3.05, 3.63) is 12.2 Å². The van der Waals surface area contributed by atoms with Crippen molar-refractivity contribution >= 4 is 16.6 Å². The zero-order chi connectivity index (χ0) is 13.9. The van der Waals surface area contributed by atoms with Crippen LogP contribution in [0.25, 0.3) is 0 Å². The third kappa shape index (κ3) is 9.73. The summed E-state index contributed by atoms with van der Waals surface area (Å²) in [4.78, 5) is 0. The molecule has 0 amide bonds. The Bertz CT molecular complexity index is 253. The zero-order valence-corrected chi connectivity index (χ0v) is 14.6. The fraction of sp³-hybridized carbons (Fsp3) is 0.833. The molecular weight excluding hydrogens is 248 g/mol. The summed E-state index contributed by atoms with van der Waals surface area (Å²) in [5.41, 5.74) is 0.887. The van der Waals surface area contributed by atoms with Crippen molar-refractivity contribution < 1.29 is 13.6 Å². The van der Waals surface area contributed by atoms with Crippen LogP contribution in [0.4, 0.5) is 0 Å². The summed E-state index contributed by atoms with van der Waals surface area (Å²) >= 11 is 0. The lowest BCUT2D eigenvalue weighted by atomic mass is 10.3. The van der Waals surface area contributed by atoms with Crippen LogP contribution in [0.1, 0.15) is 13.8 Å². The molecule has 5 heteroatoms. The van der Waals surface area contributed by atoms with Crippen LogP contribution in [0.2, 0.25) is 39.3 Å². The summed E-state index contributed by atoms with van der Waals surface area (Å²) in [5.74, 6) is 0. The molecule has 3 nitrogen and oxygen atoms in total. The van der Waals surface area contributed by atoms with Gasteiger partial charge in [0.15, 0.2) is 22.9 Å². The summed E-state index contributed by atoms with van der Waals surface area (Å²) in [6, 6.07) is 0. The van der Waals surface area contributed by atoms with E-state index in [1.54, 1.807) is 0 Å². The molecule has 0 saturated heterocycles. The van der Waals surface area contributed by atoms with Gasteiger partial charge in [0.25, 0.3) is 0 Å². The zero-order valence-electron chi connectivity index (χ0n) is 12.6. The van der Waals surface area contributed by atoms with Crippen molar-refractivity contribution in [2.45, 2.75) is 65.7 Å². The minimum Gasteiger partial charge on any atom is -0.393 e. The topological polar surface area (TPSA) is 27.7 Å². The molecule has 102 valence electrons. The summed E-state index contributed by atoms with van der Waals surface area (Å²) in [6.07, 6.45) is -0.604. The number of hydrogen-bond acceptors (Lipinski definition) is 3. The van der Waals surface area contributed by atoms with Gasteiger partial charge < -0.3 is 13.6 Å². The molecule has 0 N–H and O–H groups in total. The van der Waals surface area contributed by atoms with E-state index >= 15 is 0 Å². The van der Waals surface area contributed by atoms with Crippen LogP contribution in [0.3, 0.4) is 0 Å². The lowest BCUT2D eigenvalue weighted by Crippen LogP contribution is -2.39. The van der Waals surface area contributed by atoms with E-state index in [-0.39, 0.29) is 12.6 Å². The van der Waals surface area contributed by atoms with Gasteiger partial charge in [-0.25, -0.2) is 0 Å². The van der Waals surface area contributed by atoms with Gasteiger partial charge in [-0.05, 0) is 58.7 Å². The maximum atomic E-state index is 5.94. The van der Waals surface area contributed by atoms with Crippen LogP contribution < -0.4 is 0 Å². The summed E-state index contributed by atoms with van der Waals surface area (Å²) in [6.45, 7) is 20.6. The molecule has 0 aliphatic heterocycles. The molecule has 0 aromatic heterocycles. The monoisotopic (exact) mass is 276 g/mol. The lowest BCUT2D eigenvalue weighted by molar-refractivity contribution is -0.166. The van der Waals surface area contributed by atoms with Gasteiger partial charge in [-0.1, -0.05) is 6.58 Å². The Kier molecular flexibility index (Phi) is 6.31. The Labute approximate surface area is 108 Å². The molecule has 0 aromatic rings. The van der Waals surface area contributed by atoms with Crippen LogP contribution in [0.5, 0.6) is 0 Å². The Hall–Kier alpha value is 0.0538. The Balaban J connectivity index is 4.41. The molecule has 0 saturated carbocycles. The van der Waals surface area contributed by atoms with Crippen LogP contribution in [0, 0.1) is 0 Å². The molecule has 17 heavy (non-hydrogen) atoms. The molecule has 0 radical (unpaired) electrons. The number of ether oxygens (including phenoxy) is 1. The highest BCUT2D eigenvalue weighted by atomic mass is 28.4. The molecule has 2 atom stereocenters. The van der Waals surface area contributed by atoms with Crippen molar-refractivity contribution in [3.63, 3.8) is 0 Å². The van der Waals surface area contributed by atoms with E-state index in [0.29, 0.717) is 0 Å². The lowest BCUT2D eigenvalue weighted by Gasteiger charge is -2.31. The summed E-state index contributed by atoms with van der Waals surface area (Å²) in [5, 5.41) is 0. The molecule has 0 fully saturated rings. The highest BCUT2D eigenvalue weighted by molar-refractivity contribution is 6.70. The molecule has 0 aliphatic carbocycles. The van der Waals surface area contributed by atoms with Crippen LogP contribution in [-0.2, 0) is 13.6 Å². The van der Waals surface area contributed by atoms with Crippen molar-refractivity contribution in [1.82, 2.24) is 0 Å². The van der Waals surface area contributed by atoms with E-state index < -0.39 is 16.6 Å². The fourth-order valence-corrected chi connectivity index (χ4v) is 3.22. The first-order chi connectivity index (χ1) is 7.41. The molecule has 0 bridgehead atoms. The van der Waals surface area contributed by atoms with Gasteiger partial charge in [-0.3, -0.25) is 0 Å². The maximum Gasteiger partial charge on any atom is 0.187 e. The van der Waals surface area contributed by atoms with Gasteiger partial charge in [0.05, 0.1) is 0 Å². The molecule has 0 aliphatic rings. The van der Waals surface area contributed by atoms with E-state index in [9.17, 15) is 0 Å². The summed E-state index contributed by atoms with van der Waals surface area (Å²) in [7, 11) is -3.22. The highest BCUT2D eigenvalue weighted by Crippen LogP contribution is 2.18. The highest BCUT2D eigenvalue weighted by Gasteiger charge is 2.26. The Morgan fingerprint density at radius 3 is 1.65 bits per heavy atom. The molecule has 0 aromatic carbocycles. The third-order valence-electron chi connectivity index (χ3n) is 1.70. The average Bonchev–Trinajstić information content (AvgIpc) is 1.95. The number of rotatable bonds is 7. The van der Waals surface area contributed by atoms with Crippen LogP contribution in [-0.4, -0.2) is 29.2 Å². The second kappa shape index (κ2) is 6.29. The van der Waals surface area contributed by atoms with Gasteiger partial charge in [0.2, 0.25) is 0 Å². The molecule has 0 rings (SSSR count). The normalized spacial score (nSPS) is 16.7. The third-order valence-corrected chi connectivity index (χ3v) is 3.66. The first-order valence-corrected chi connectivity index (χ1v) is 12.9. The van der Waals surface area contributed by atoms with Crippen molar-refractivity contribution in [1.29, 1.82) is 0 Å². The van der Waals surface area contributed by atoms with Gasteiger partial charge in [0, 0.05) is 0 Å². The van der Waals surface area contributed by atoms with Crippen LogP contribution in [0.15, 0.2) is 12.2 Å². The first-order valence-electron chi connectivity index (χ1n) is 6.07. The second-order valence-corrected chi connectivity index (χ2v) is 15.3. The smallest absolute Gasteiger partial charge is 0.187 e. The molecule has 0 heterocycles.